The minimum absolute atomic E-state index is 0.115. The molecule has 26 heavy (non-hydrogen) atoms. The molecule has 0 aliphatic heterocycles. The monoisotopic (exact) mass is 373 g/mol. The fourth-order valence-corrected chi connectivity index (χ4v) is 3.35. The Bertz CT molecular complexity index is 911. The summed E-state index contributed by atoms with van der Waals surface area (Å²) in [6.45, 7) is 5.93. The number of nitrogens with zero attached hydrogens (tertiary/aromatic N) is 1. The van der Waals surface area contributed by atoms with E-state index in [4.69, 9.17) is 21.8 Å². The summed E-state index contributed by atoms with van der Waals surface area (Å²) >= 11 is 5.84. The van der Waals surface area contributed by atoms with E-state index in [9.17, 15) is 9.59 Å². The molecule has 3 N–H and O–H groups in total. The van der Waals surface area contributed by atoms with Crippen molar-refractivity contribution in [3.8, 4) is 0 Å². The summed E-state index contributed by atoms with van der Waals surface area (Å²) < 4.78 is 5.69. The normalized spacial score (nSPS) is 17.0. The van der Waals surface area contributed by atoms with Gasteiger partial charge in [-0.05, 0) is 43.0 Å². The van der Waals surface area contributed by atoms with Crippen molar-refractivity contribution >= 4 is 29.1 Å². The zero-order valence-corrected chi connectivity index (χ0v) is 15.6. The fraction of sp³-hybridized carbons (Fsp3) is 0.316. The Morgan fingerprint density at radius 3 is 2.50 bits per heavy atom. The third-order valence-corrected chi connectivity index (χ3v) is 4.67. The molecule has 0 radical (unpaired) electrons. The lowest BCUT2D eigenvalue weighted by atomic mass is 9.75. The number of furan rings is 1. The van der Waals surface area contributed by atoms with Crippen molar-refractivity contribution in [2.75, 3.05) is 0 Å². The van der Waals surface area contributed by atoms with Crippen molar-refractivity contribution in [1.29, 1.82) is 0 Å². The minimum atomic E-state index is -0.612. The van der Waals surface area contributed by atoms with Crippen LogP contribution in [0.15, 0.2) is 33.8 Å². The van der Waals surface area contributed by atoms with Gasteiger partial charge in [-0.25, -0.2) is 5.43 Å². The largest absolute Gasteiger partial charge is 0.455 e. The van der Waals surface area contributed by atoms with E-state index in [-0.39, 0.29) is 17.1 Å². The number of rotatable bonds is 3. The number of primary amides is 1. The van der Waals surface area contributed by atoms with Crippen molar-refractivity contribution in [2.24, 2.45) is 16.3 Å². The molecular weight excluding hydrogens is 354 g/mol. The van der Waals surface area contributed by atoms with Crippen molar-refractivity contribution < 1.29 is 14.0 Å². The summed E-state index contributed by atoms with van der Waals surface area (Å²) in [7, 11) is 0. The highest BCUT2D eigenvalue weighted by atomic mass is 35.5. The standard InChI is InChI=1S/C19H20ClN3O3/c1-10-15-13(22-23-18(25)11-4-6-12(20)7-5-11)8-19(2,3)9-14(15)26-16(10)17(21)24/h4-7H,8-9H2,1-3H3,(H2,21,24)(H,23,25)/b22-13+. The first-order valence-electron chi connectivity index (χ1n) is 8.23. The first-order chi connectivity index (χ1) is 12.2. The highest BCUT2D eigenvalue weighted by molar-refractivity contribution is 6.30. The van der Waals surface area contributed by atoms with E-state index in [1.165, 1.54) is 0 Å². The molecular formula is C19H20ClN3O3. The zero-order valence-electron chi connectivity index (χ0n) is 14.9. The third-order valence-electron chi connectivity index (χ3n) is 4.42. The molecule has 3 rings (SSSR count). The van der Waals surface area contributed by atoms with Gasteiger partial charge in [0.1, 0.15) is 5.76 Å². The van der Waals surface area contributed by atoms with Gasteiger partial charge in [-0.1, -0.05) is 25.4 Å². The summed E-state index contributed by atoms with van der Waals surface area (Å²) in [5.41, 5.74) is 10.4. The first-order valence-corrected chi connectivity index (χ1v) is 8.60. The second kappa shape index (κ2) is 6.61. The molecule has 2 amide bonds. The van der Waals surface area contributed by atoms with Gasteiger partial charge in [0.15, 0.2) is 5.76 Å². The summed E-state index contributed by atoms with van der Waals surface area (Å²) in [5.74, 6) is -0.133. The molecule has 1 heterocycles. The Morgan fingerprint density at radius 1 is 1.23 bits per heavy atom. The molecule has 1 aromatic carbocycles. The molecule has 0 fully saturated rings. The molecule has 1 aromatic heterocycles. The number of nitrogens with two attached hydrogens (primary N) is 1. The first kappa shape index (κ1) is 18.2. The van der Waals surface area contributed by atoms with Crippen LogP contribution < -0.4 is 11.2 Å². The van der Waals surface area contributed by atoms with Gasteiger partial charge in [-0.15, -0.1) is 0 Å². The highest BCUT2D eigenvalue weighted by Gasteiger charge is 2.35. The average Bonchev–Trinajstić information content (AvgIpc) is 2.88. The van der Waals surface area contributed by atoms with Crippen molar-refractivity contribution in [1.82, 2.24) is 5.43 Å². The van der Waals surface area contributed by atoms with Crippen LogP contribution in [0, 0.1) is 12.3 Å². The number of fused-ring (bicyclic) bond motifs is 1. The number of carbonyl (C=O) groups is 2. The van der Waals surface area contributed by atoms with Crippen LogP contribution in [0.2, 0.25) is 5.02 Å². The lowest BCUT2D eigenvalue weighted by Gasteiger charge is -2.29. The van der Waals surface area contributed by atoms with Crippen molar-refractivity contribution in [3.63, 3.8) is 0 Å². The molecule has 0 bridgehead atoms. The van der Waals surface area contributed by atoms with Crippen LogP contribution in [0.25, 0.3) is 0 Å². The molecule has 0 saturated heterocycles. The van der Waals surface area contributed by atoms with Gasteiger partial charge in [0.2, 0.25) is 0 Å². The summed E-state index contributed by atoms with van der Waals surface area (Å²) in [4.78, 5) is 23.9. The van der Waals surface area contributed by atoms with Gasteiger partial charge < -0.3 is 10.2 Å². The van der Waals surface area contributed by atoms with Crippen LogP contribution in [0.5, 0.6) is 0 Å². The number of hydrogen-bond donors (Lipinski definition) is 2. The lowest BCUT2D eigenvalue weighted by Crippen LogP contribution is -2.29. The predicted molar refractivity (Wildman–Crippen MR) is 99.5 cm³/mol. The van der Waals surface area contributed by atoms with Crippen LogP contribution >= 0.6 is 11.6 Å². The Morgan fingerprint density at radius 2 is 1.88 bits per heavy atom. The van der Waals surface area contributed by atoms with E-state index in [0.717, 1.165) is 5.56 Å². The van der Waals surface area contributed by atoms with E-state index in [1.54, 1.807) is 31.2 Å². The number of halogens is 1. The SMILES string of the molecule is Cc1c(C(N)=O)oc2c1/C(=N/NC(=O)c1ccc(Cl)cc1)CC(C)(C)C2. The van der Waals surface area contributed by atoms with Crippen LogP contribution in [0.3, 0.4) is 0 Å². The fourth-order valence-electron chi connectivity index (χ4n) is 3.23. The topological polar surface area (TPSA) is 97.7 Å². The van der Waals surface area contributed by atoms with E-state index in [1.807, 2.05) is 0 Å². The molecule has 0 atom stereocenters. The average molecular weight is 374 g/mol. The van der Waals surface area contributed by atoms with E-state index in [0.29, 0.717) is 40.5 Å². The second-order valence-electron chi connectivity index (χ2n) is 7.24. The van der Waals surface area contributed by atoms with Crippen LogP contribution in [-0.4, -0.2) is 17.5 Å². The molecule has 7 heteroatoms. The van der Waals surface area contributed by atoms with Gasteiger partial charge in [-0.3, -0.25) is 9.59 Å². The number of benzene rings is 1. The molecule has 2 aromatic rings. The zero-order chi connectivity index (χ0) is 19.1. The molecule has 1 aliphatic rings. The quantitative estimate of drug-likeness (QED) is 0.806. The third kappa shape index (κ3) is 3.51. The maximum Gasteiger partial charge on any atom is 0.284 e. The lowest BCUT2D eigenvalue weighted by molar-refractivity contribution is 0.0952. The number of nitrogens with one attached hydrogen (secondary N) is 1. The molecule has 1 aliphatic carbocycles. The van der Waals surface area contributed by atoms with Gasteiger partial charge in [-0.2, -0.15) is 5.10 Å². The van der Waals surface area contributed by atoms with Crippen LogP contribution in [0.1, 0.15) is 58.1 Å². The molecule has 6 nitrogen and oxygen atoms in total. The van der Waals surface area contributed by atoms with Gasteiger partial charge in [0, 0.05) is 28.1 Å². The second-order valence-corrected chi connectivity index (χ2v) is 7.68. The number of hydrogen-bond acceptors (Lipinski definition) is 4. The van der Waals surface area contributed by atoms with Gasteiger partial charge >= 0.3 is 0 Å². The Labute approximate surface area is 156 Å². The van der Waals surface area contributed by atoms with Crippen molar-refractivity contribution in [2.45, 2.75) is 33.6 Å². The molecule has 136 valence electrons. The molecule has 0 spiro atoms. The summed E-state index contributed by atoms with van der Waals surface area (Å²) in [6.07, 6.45) is 1.31. The Kier molecular flexibility index (Phi) is 4.63. The minimum Gasteiger partial charge on any atom is -0.455 e. The number of carbonyl (C=O) groups excluding carboxylic acids is 2. The maximum atomic E-state index is 12.3. The van der Waals surface area contributed by atoms with E-state index >= 15 is 0 Å². The smallest absolute Gasteiger partial charge is 0.284 e. The van der Waals surface area contributed by atoms with E-state index in [2.05, 4.69) is 24.4 Å². The maximum absolute atomic E-state index is 12.3. The van der Waals surface area contributed by atoms with Crippen molar-refractivity contribution in [3.05, 3.63) is 57.5 Å². The molecule has 0 saturated carbocycles. The van der Waals surface area contributed by atoms with Gasteiger partial charge in [0.05, 0.1) is 5.71 Å². The molecule has 0 unspecified atom stereocenters. The summed E-state index contributed by atoms with van der Waals surface area (Å²) in [5, 5.41) is 4.88. The predicted octanol–water partition coefficient (Wildman–Crippen LogP) is 3.45. The number of hydrazone groups is 1. The van der Waals surface area contributed by atoms with E-state index < -0.39 is 5.91 Å². The Balaban J connectivity index is 1.94. The number of amides is 2. The van der Waals surface area contributed by atoms with Crippen LogP contribution in [-0.2, 0) is 6.42 Å². The van der Waals surface area contributed by atoms with Gasteiger partial charge in [0.25, 0.3) is 11.8 Å². The van der Waals surface area contributed by atoms with Crippen LogP contribution in [0.4, 0.5) is 0 Å². The Hall–Kier alpha value is -2.60. The highest BCUT2D eigenvalue weighted by Crippen LogP contribution is 2.38. The summed E-state index contributed by atoms with van der Waals surface area (Å²) in [6, 6.07) is 6.54.